The number of alkyl halides is 2. The lowest BCUT2D eigenvalue weighted by molar-refractivity contribution is -0.308. The first-order valence-electron chi connectivity index (χ1n) is 5.12. The van der Waals surface area contributed by atoms with Crippen LogP contribution in [0.1, 0.15) is 20.8 Å². The molecule has 1 rings (SSSR count). The summed E-state index contributed by atoms with van der Waals surface area (Å²) in [7, 11) is 0. The van der Waals surface area contributed by atoms with E-state index in [1.54, 1.807) is 20.8 Å². The van der Waals surface area contributed by atoms with E-state index in [4.69, 9.17) is 9.84 Å². The van der Waals surface area contributed by atoms with Crippen molar-refractivity contribution >= 4 is 0 Å². The van der Waals surface area contributed by atoms with Crippen LogP contribution in [0, 0.1) is 5.41 Å². The maximum atomic E-state index is 13.4. The molecule has 1 aliphatic rings. The molecule has 0 aliphatic carbocycles. The summed E-state index contributed by atoms with van der Waals surface area (Å²) in [4.78, 5) is 0. The largest absolute Gasteiger partial charge is 0.393 e. The Kier molecular flexibility index (Phi) is 3.59. The molecule has 16 heavy (non-hydrogen) atoms. The van der Waals surface area contributed by atoms with E-state index in [1.807, 2.05) is 0 Å². The summed E-state index contributed by atoms with van der Waals surface area (Å²) < 4.78 is 31.7. The molecule has 1 saturated heterocycles. The summed E-state index contributed by atoms with van der Waals surface area (Å²) in [6.45, 7) is 4.20. The van der Waals surface area contributed by atoms with Gasteiger partial charge in [0, 0.05) is 0 Å². The number of hydrogen-bond donors (Lipinski definition) is 3. The number of rotatable bonds is 1. The van der Waals surface area contributed by atoms with Gasteiger partial charge in [-0.3, -0.25) is 0 Å². The SMILES string of the molecule is CC(C)(C)[C@@H]1O[C@H](CO)C(F)(F)[C@H](O)[C@H]1O. The molecule has 0 saturated carbocycles. The lowest BCUT2D eigenvalue weighted by Gasteiger charge is -2.46. The lowest BCUT2D eigenvalue weighted by Crippen LogP contribution is -2.65. The summed E-state index contributed by atoms with van der Waals surface area (Å²) in [6.07, 6.45) is -6.62. The Morgan fingerprint density at radius 2 is 1.75 bits per heavy atom. The van der Waals surface area contributed by atoms with Crippen molar-refractivity contribution in [3.8, 4) is 0 Å². The molecule has 0 amide bonds. The number of halogens is 2. The zero-order chi connectivity index (χ0) is 12.7. The van der Waals surface area contributed by atoms with Gasteiger partial charge in [0.2, 0.25) is 0 Å². The Balaban J connectivity index is 2.97. The molecule has 6 heteroatoms. The zero-order valence-corrected chi connectivity index (χ0v) is 9.52. The Morgan fingerprint density at radius 3 is 2.12 bits per heavy atom. The summed E-state index contributed by atoms with van der Waals surface area (Å²) in [5.74, 6) is -3.64. The molecule has 1 heterocycles. The fourth-order valence-corrected chi connectivity index (χ4v) is 1.81. The molecule has 1 fully saturated rings. The van der Waals surface area contributed by atoms with Gasteiger partial charge in [-0.2, -0.15) is 0 Å². The maximum absolute atomic E-state index is 13.4. The van der Waals surface area contributed by atoms with Gasteiger partial charge in [-0.25, -0.2) is 8.78 Å². The van der Waals surface area contributed by atoms with Crippen molar-refractivity contribution in [3.05, 3.63) is 0 Å². The Morgan fingerprint density at radius 1 is 1.25 bits per heavy atom. The minimum absolute atomic E-state index is 0.607. The van der Waals surface area contributed by atoms with Crippen LogP contribution in [-0.2, 0) is 4.74 Å². The van der Waals surface area contributed by atoms with Crippen LogP contribution in [0.4, 0.5) is 8.78 Å². The monoisotopic (exact) mass is 240 g/mol. The van der Waals surface area contributed by atoms with E-state index in [9.17, 15) is 19.0 Å². The van der Waals surface area contributed by atoms with Gasteiger partial charge in [0.1, 0.15) is 18.3 Å². The topological polar surface area (TPSA) is 69.9 Å². The van der Waals surface area contributed by atoms with Crippen LogP contribution >= 0.6 is 0 Å². The van der Waals surface area contributed by atoms with Crippen LogP contribution in [0.25, 0.3) is 0 Å². The van der Waals surface area contributed by atoms with Crippen molar-refractivity contribution in [2.24, 2.45) is 5.41 Å². The summed E-state index contributed by atoms with van der Waals surface area (Å²) >= 11 is 0. The Bertz CT molecular complexity index is 248. The maximum Gasteiger partial charge on any atom is 0.303 e. The molecule has 96 valence electrons. The van der Waals surface area contributed by atoms with Gasteiger partial charge < -0.3 is 20.1 Å². The second-order valence-electron chi connectivity index (χ2n) is 5.20. The van der Waals surface area contributed by atoms with E-state index in [2.05, 4.69) is 0 Å². The van der Waals surface area contributed by atoms with E-state index in [-0.39, 0.29) is 0 Å². The van der Waals surface area contributed by atoms with Crippen LogP contribution in [0.5, 0.6) is 0 Å². The fourth-order valence-electron chi connectivity index (χ4n) is 1.81. The highest BCUT2D eigenvalue weighted by Crippen LogP contribution is 2.39. The number of hydrogen-bond acceptors (Lipinski definition) is 4. The molecule has 0 aromatic heterocycles. The third kappa shape index (κ3) is 2.20. The van der Waals surface area contributed by atoms with Crippen molar-refractivity contribution in [2.45, 2.75) is 51.1 Å². The van der Waals surface area contributed by atoms with Crippen LogP contribution in [-0.4, -0.2) is 52.3 Å². The highest BCUT2D eigenvalue weighted by Gasteiger charge is 2.59. The molecular formula is C10H18F2O4. The highest BCUT2D eigenvalue weighted by molar-refractivity contribution is 5.00. The smallest absolute Gasteiger partial charge is 0.303 e. The molecule has 3 N–H and O–H groups in total. The number of aliphatic hydroxyl groups is 3. The molecule has 4 nitrogen and oxygen atoms in total. The van der Waals surface area contributed by atoms with Crippen molar-refractivity contribution in [3.63, 3.8) is 0 Å². The predicted octanol–water partition coefficient (Wildman–Crippen LogP) is 0.149. The van der Waals surface area contributed by atoms with E-state index in [1.165, 1.54) is 0 Å². The van der Waals surface area contributed by atoms with Gasteiger partial charge in [-0.1, -0.05) is 20.8 Å². The van der Waals surface area contributed by atoms with Crippen LogP contribution in [0.3, 0.4) is 0 Å². The van der Waals surface area contributed by atoms with Crippen LogP contribution < -0.4 is 0 Å². The quantitative estimate of drug-likeness (QED) is 0.610. The second kappa shape index (κ2) is 4.18. The molecule has 1 aliphatic heterocycles. The summed E-state index contributed by atoms with van der Waals surface area (Å²) in [5.41, 5.74) is -0.607. The zero-order valence-electron chi connectivity index (χ0n) is 9.52. The number of aliphatic hydroxyl groups excluding tert-OH is 3. The molecule has 0 unspecified atom stereocenters. The van der Waals surface area contributed by atoms with Gasteiger partial charge in [0.15, 0.2) is 0 Å². The first-order chi connectivity index (χ1) is 7.12. The summed E-state index contributed by atoms with van der Waals surface area (Å²) in [6, 6.07) is 0. The minimum atomic E-state index is -3.64. The Labute approximate surface area is 92.8 Å². The normalized spacial score (nSPS) is 39.8. The Hall–Kier alpha value is -0.300. The number of ether oxygens (including phenoxy) is 1. The third-order valence-corrected chi connectivity index (χ3v) is 2.79. The van der Waals surface area contributed by atoms with Crippen molar-refractivity contribution in [1.82, 2.24) is 0 Å². The molecule has 0 bridgehead atoms. The molecule has 0 aromatic carbocycles. The van der Waals surface area contributed by atoms with Gasteiger partial charge in [0.25, 0.3) is 0 Å². The summed E-state index contributed by atoms with van der Waals surface area (Å²) in [5, 5.41) is 27.8. The van der Waals surface area contributed by atoms with Crippen LogP contribution in [0.2, 0.25) is 0 Å². The minimum Gasteiger partial charge on any atom is -0.393 e. The van der Waals surface area contributed by atoms with Crippen molar-refractivity contribution in [2.75, 3.05) is 6.61 Å². The molecule has 0 aromatic rings. The highest BCUT2D eigenvalue weighted by atomic mass is 19.3. The molecular weight excluding hydrogens is 222 g/mol. The van der Waals surface area contributed by atoms with Gasteiger partial charge in [-0.05, 0) is 5.41 Å². The van der Waals surface area contributed by atoms with E-state index in [0.717, 1.165) is 0 Å². The van der Waals surface area contributed by atoms with Gasteiger partial charge in [-0.15, -0.1) is 0 Å². The molecule has 0 radical (unpaired) electrons. The second-order valence-corrected chi connectivity index (χ2v) is 5.20. The average Bonchev–Trinajstić information content (AvgIpc) is 2.13. The van der Waals surface area contributed by atoms with Gasteiger partial charge >= 0.3 is 5.92 Å². The molecule has 0 spiro atoms. The van der Waals surface area contributed by atoms with E-state index < -0.39 is 42.4 Å². The first-order valence-corrected chi connectivity index (χ1v) is 5.12. The fraction of sp³-hybridized carbons (Fsp3) is 1.00. The lowest BCUT2D eigenvalue weighted by atomic mass is 9.80. The average molecular weight is 240 g/mol. The van der Waals surface area contributed by atoms with E-state index in [0.29, 0.717) is 0 Å². The standard InChI is InChI=1S/C10H18F2O4/c1-9(2,3)8-6(14)7(15)10(11,12)5(4-13)16-8/h5-8,13-15H,4H2,1-3H3/t5-,6-,7-,8-/m1/s1. The van der Waals surface area contributed by atoms with Crippen molar-refractivity contribution in [1.29, 1.82) is 0 Å². The predicted molar refractivity (Wildman–Crippen MR) is 52.2 cm³/mol. The van der Waals surface area contributed by atoms with Crippen molar-refractivity contribution < 1.29 is 28.8 Å². The van der Waals surface area contributed by atoms with E-state index >= 15 is 0 Å². The molecule has 4 atom stereocenters. The van der Waals surface area contributed by atoms with Crippen LogP contribution in [0.15, 0.2) is 0 Å². The third-order valence-electron chi connectivity index (χ3n) is 2.79. The first kappa shape index (κ1) is 13.8. The van der Waals surface area contributed by atoms with Gasteiger partial charge in [0.05, 0.1) is 12.7 Å².